The molecule has 0 amide bonds. The molecule has 0 radical (unpaired) electrons. The highest BCUT2D eigenvalue weighted by molar-refractivity contribution is 5.45. The predicted molar refractivity (Wildman–Crippen MR) is 66.8 cm³/mol. The van der Waals surface area contributed by atoms with Crippen LogP contribution in [0.1, 0.15) is 30.5 Å². The molecule has 1 N–H and O–H groups in total. The van der Waals surface area contributed by atoms with E-state index >= 15 is 0 Å². The van der Waals surface area contributed by atoms with E-state index in [-0.39, 0.29) is 0 Å². The highest BCUT2D eigenvalue weighted by atomic mass is 16.4. The summed E-state index contributed by atoms with van der Waals surface area (Å²) >= 11 is 0. The van der Waals surface area contributed by atoms with Crippen LogP contribution in [0.3, 0.4) is 0 Å². The van der Waals surface area contributed by atoms with Crippen molar-refractivity contribution in [2.75, 3.05) is 5.32 Å². The fourth-order valence-electron chi connectivity index (χ4n) is 1.57. The summed E-state index contributed by atoms with van der Waals surface area (Å²) in [6, 6.07) is 5.85. The predicted octanol–water partition coefficient (Wildman–Crippen LogP) is 2.51. The Labute approximate surface area is 105 Å². The Bertz CT molecular complexity index is 542. The molecule has 0 aromatic carbocycles. The van der Waals surface area contributed by atoms with Crippen molar-refractivity contribution in [3.05, 3.63) is 41.7 Å². The van der Waals surface area contributed by atoms with Gasteiger partial charge < -0.3 is 9.73 Å². The van der Waals surface area contributed by atoms with Gasteiger partial charge in [0.05, 0.1) is 0 Å². The van der Waals surface area contributed by atoms with E-state index in [0.29, 0.717) is 24.0 Å². The Morgan fingerprint density at radius 1 is 1.50 bits per heavy atom. The van der Waals surface area contributed by atoms with Gasteiger partial charge in [0.1, 0.15) is 6.07 Å². The minimum Gasteiger partial charge on any atom is -0.424 e. The van der Waals surface area contributed by atoms with Crippen molar-refractivity contribution in [3.8, 4) is 6.07 Å². The van der Waals surface area contributed by atoms with Crippen LogP contribution in [0.5, 0.6) is 0 Å². The number of nitrogens with one attached hydrogen (secondary N) is 1. The molecule has 0 aliphatic carbocycles. The van der Waals surface area contributed by atoms with Crippen molar-refractivity contribution >= 4 is 5.88 Å². The van der Waals surface area contributed by atoms with Crippen molar-refractivity contribution in [1.29, 1.82) is 5.26 Å². The van der Waals surface area contributed by atoms with Crippen LogP contribution in [0.15, 0.2) is 28.9 Å². The highest BCUT2D eigenvalue weighted by Crippen LogP contribution is 2.18. The molecule has 0 aliphatic rings. The fourth-order valence-corrected chi connectivity index (χ4v) is 1.57. The van der Waals surface area contributed by atoms with Crippen LogP contribution in [0.25, 0.3) is 0 Å². The van der Waals surface area contributed by atoms with Crippen LogP contribution < -0.4 is 5.32 Å². The van der Waals surface area contributed by atoms with Gasteiger partial charge in [-0.2, -0.15) is 5.26 Å². The zero-order valence-electron chi connectivity index (χ0n) is 10.2. The number of anilines is 1. The van der Waals surface area contributed by atoms with Crippen LogP contribution in [0, 0.1) is 11.3 Å². The van der Waals surface area contributed by atoms with E-state index in [9.17, 15) is 0 Å². The lowest BCUT2D eigenvalue weighted by Crippen LogP contribution is -2.00. The minimum atomic E-state index is 0.308. The summed E-state index contributed by atoms with van der Waals surface area (Å²) < 4.78 is 5.50. The number of hydrogen-bond donors (Lipinski definition) is 1. The number of oxazole rings is 1. The summed E-state index contributed by atoms with van der Waals surface area (Å²) in [5.41, 5.74) is 1.33. The van der Waals surface area contributed by atoms with Crippen LogP contribution in [-0.2, 0) is 13.0 Å². The molecule has 18 heavy (non-hydrogen) atoms. The molecule has 0 atom stereocenters. The van der Waals surface area contributed by atoms with Gasteiger partial charge in [-0.3, -0.25) is 4.98 Å². The molecule has 2 aromatic rings. The number of aryl methyl sites for hydroxylation is 1. The number of pyridine rings is 1. The van der Waals surface area contributed by atoms with Crippen molar-refractivity contribution in [3.63, 3.8) is 0 Å². The van der Waals surface area contributed by atoms with Gasteiger partial charge in [-0.25, -0.2) is 4.98 Å². The lowest BCUT2D eigenvalue weighted by atomic mass is 10.3. The fraction of sp³-hybridized carbons (Fsp3) is 0.308. The van der Waals surface area contributed by atoms with Gasteiger partial charge in [0.15, 0.2) is 5.89 Å². The summed E-state index contributed by atoms with van der Waals surface area (Å²) in [5, 5.41) is 12.0. The molecular formula is C13H14N4O. The van der Waals surface area contributed by atoms with Gasteiger partial charge in [-0.1, -0.05) is 13.0 Å². The molecule has 0 saturated heterocycles. The SMILES string of the molecule is CCCc1nc(C#N)c(NCc2cccnc2)o1. The third-order valence-electron chi connectivity index (χ3n) is 2.42. The first-order valence-corrected chi connectivity index (χ1v) is 5.86. The molecular weight excluding hydrogens is 228 g/mol. The molecule has 5 heteroatoms. The van der Waals surface area contributed by atoms with Crippen LogP contribution >= 0.6 is 0 Å². The minimum absolute atomic E-state index is 0.308. The van der Waals surface area contributed by atoms with E-state index in [1.54, 1.807) is 12.4 Å². The smallest absolute Gasteiger partial charge is 0.232 e. The second kappa shape index (κ2) is 5.82. The van der Waals surface area contributed by atoms with E-state index in [1.165, 1.54) is 0 Å². The van der Waals surface area contributed by atoms with E-state index in [2.05, 4.69) is 15.3 Å². The zero-order valence-corrected chi connectivity index (χ0v) is 10.2. The van der Waals surface area contributed by atoms with Gasteiger partial charge in [-0.05, 0) is 18.1 Å². The van der Waals surface area contributed by atoms with Crippen molar-refractivity contribution in [1.82, 2.24) is 9.97 Å². The zero-order chi connectivity index (χ0) is 12.8. The molecule has 0 unspecified atom stereocenters. The van der Waals surface area contributed by atoms with Gasteiger partial charge in [0.25, 0.3) is 0 Å². The van der Waals surface area contributed by atoms with Crippen molar-refractivity contribution in [2.45, 2.75) is 26.3 Å². The number of nitriles is 1. The first-order chi connectivity index (χ1) is 8.83. The quantitative estimate of drug-likeness (QED) is 0.871. The molecule has 2 heterocycles. The summed E-state index contributed by atoms with van der Waals surface area (Å²) in [5.74, 6) is 1.03. The van der Waals surface area contributed by atoms with Crippen LogP contribution in [0.4, 0.5) is 5.88 Å². The maximum absolute atomic E-state index is 8.97. The first-order valence-electron chi connectivity index (χ1n) is 5.86. The van der Waals surface area contributed by atoms with Crippen molar-refractivity contribution < 1.29 is 4.42 Å². The van der Waals surface area contributed by atoms with E-state index in [1.807, 2.05) is 25.1 Å². The van der Waals surface area contributed by atoms with Gasteiger partial charge in [-0.15, -0.1) is 0 Å². The van der Waals surface area contributed by atoms with E-state index in [4.69, 9.17) is 9.68 Å². The highest BCUT2D eigenvalue weighted by Gasteiger charge is 2.11. The second-order valence-corrected chi connectivity index (χ2v) is 3.86. The van der Waals surface area contributed by atoms with E-state index in [0.717, 1.165) is 18.4 Å². The van der Waals surface area contributed by atoms with Gasteiger partial charge >= 0.3 is 0 Å². The Kier molecular flexibility index (Phi) is 3.92. The molecule has 92 valence electrons. The van der Waals surface area contributed by atoms with Gasteiger partial charge in [0, 0.05) is 25.4 Å². The topological polar surface area (TPSA) is 74.7 Å². The number of rotatable bonds is 5. The molecule has 2 rings (SSSR count). The Hall–Kier alpha value is -2.35. The molecule has 0 spiro atoms. The molecule has 5 nitrogen and oxygen atoms in total. The molecule has 0 bridgehead atoms. The Morgan fingerprint density at radius 3 is 3.06 bits per heavy atom. The van der Waals surface area contributed by atoms with Crippen LogP contribution in [-0.4, -0.2) is 9.97 Å². The average Bonchev–Trinajstić information content (AvgIpc) is 2.80. The monoisotopic (exact) mass is 242 g/mol. The molecule has 0 saturated carbocycles. The van der Waals surface area contributed by atoms with Crippen LogP contribution in [0.2, 0.25) is 0 Å². The lowest BCUT2D eigenvalue weighted by Gasteiger charge is -2.01. The third kappa shape index (κ3) is 2.86. The summed E-state index contributed by atoms with van der Waals surface area (Å²) in [7, 11) is 0. The van der Waals surface area contributed by atoms with Gasteiger partial charge in [0.2, 0.25) is 11.6 Å². The Morgan fingerprint density at radius 2 is 2.39 bits per heavy atom. The summed E-state index contributed by atoms with van der Waals surface area (Å²) in [4.78, 5) is 8.15. The van der Waals surface area contributed by atoms with Crippen molar-refractivity contribution in [2.24, 2.45) is 0 Å². The molecule has 2 aromatic heterocycles. The van der Waals surface area contributed by atoms with E-state index < -0.39 is 0 Å². The standard InChI is InChI=1S/C13H14N4O/c1-2-4-12-17-11(7-14)13(18-12)16-9-10-5-3-6-15-8-10/h3,5-6,8,16H,2,4,9H2,1H3. The number of aromatic nitrogens is 2. The lowest BCUT2D eigenvalue weighted by molar-refractivity contribution is 0.501. The maximum Gasteiger partial charge on any atom is 0.232 e. The number of nitrogens with zero attached hydrogens (tertiary/aromatic N) is 3. The Balaban J connectivity index is 2.07. The second-order valence-electron chi connectivity index (χ2n) is 3.86. The third-order valence-corrected chi connectivity index (χ3v) is 2.42. The maximum atomic E-state index is 8.97. The first kappa shape index (κ1) is 12.1. The summed E-state index contributed by atoms with van der Waals surface area (Å²) in [6.07, 6.45) is 5.16. The largest absolute Gasteiger partial charge is 0.424 e. The molecule has 0 fully saturated rings. The molecule has 0 aliphatic heterocycles. The summed E-state index contributed by atoms with van der Waals surface area (Å²) in [6.45, 7) is 2.60. The normalized spacial score (nSPS) is 10.0. The average molecular weight is 242 g/mol. The number of hydrogen-bond acceptors (Lipinski definition) is 5.